The molecular formula is C16H28BNO6. The Morgan fingerprint density at radius 3 is 1.88 bits per heavy atom. The molecule has 0 bridgehead atoms. The van der Waals surface area contributed by atoms with E-state index in [-0.39, 0.29) is 0 Å². The predicted octanol–water partition coefficient (Wildman–Crippen LogP) is 0.400. The number of morpholine rings is 1. The molecule has 0 atom stereocenters. The summed E-state index contributed by atoms with van der Waals surface area (Å²) in [7, 11) is -2.17. The summed E-state index contributed by atoms with van der Waals surface area (Å²) in [5.41, 5.74) is -0.370. The summed E-state index contributed by atoms with van der Waals surface area (Å²) in [6.07, 6.45) is 0. The van der Waals surface area contributed by atoms with Crippen molar-refractivity contribution in [3.05, 3.63) is 24.3 Å². The average molecular weight is 341 g/mol. The Bertz CT molecular complexity index is 478. The number of rotatable bonds is 4. The Balaban J connectivity index is 0.000000648. The highest BCUT2D eigenvalue weighted by Crippen LogP contribution is 2.29. The molecule has 1 aliphatic rings. The third kappa shape index (κ3) is 6.66. The van der Waals surface area contributed by atoms with Gasteiger partial charge in [0.25, 0.3) is 0 Å². The van der Waals surface area contributed by atoms with Gasteiger partial charge in [-0.3, -0.25) is 0 Å². The molecule has 1 heterocycles. The number of hydrogen-bond donors (Lipinski definition) is 4. The molecule has 0 spiro atoms. The average Bonchev–Trinajstić information content (AvgIpc) is 2.47. The number of hydrogen-bond acceptors (Lipinski definition) is 7. The monoisotopic (exact) mass is 341 g/mol. The summed E-state index contributed by atoms with van der Waals surface area (Å²) >= 11 is 0. The van der Waals surface area contributed by atoms with Crippen LogP contribution in [0.1, 0.15) is 27.7 Å². The van der Waals surface area contributed by atoms with Gasteiger partial charge in [0.2, 0.25) is 0 Å². The molecule has 0 amide bonds. The molecule has 136 valence electrons. The molecular weight excluding hydrogens is 313 g/mol. The third-order valence-electron chi connectivity index (χ3n) is 4.06. The molecule has 8 heteroatoms. The van der Waals surface area contributed by atoms with Gasteiger partial charge >= 0.3 is 7.32 Å². The fourth-order valence-electron chi connectivity index (χ4n) is 1.97. The number of anilines is 1. The van der Waals surface area contributed by atoms with Crippen molar-refractivity contribution in [2.45, 2.75) is 38.9 Å². The van der Waals surface area contributed by atoms with Gasteiger partial charge in [0.05, 0.1) is 18.8 Å². The first kappa shape index (κ1) is 20.7. The van der Waals surface area contributed by atoms with E-state index in [1.807, 2.05) is 26.0 Å². The summed E-state index contributed by atoms with van der Waals surface area (Å²) in [6, 6.07) is 8.03. The van der Waals surface area contributed by atoms with Crippen molar-refractivity contribution in [2.75, 3.05) is 31.2 Å². The van der Waals surface area contributed by atoms with Gasteiger partial charge in [-0.1, -0.05) is 0 Å². The van der Waals surface area contributed by atoms with Gasteiger partial charge in [0, 0.05) is 18.8 Å². The summed E-state index contributed by atoms with van der Waals surface area (Å²) in [6.45, 7) is 10.7. The lowest BCUT2D eigenvalue weighted by molar-refractivity contribution is -0.0906. The van der Waals surface area contributed by atoms with E-state index in [2.05, 4.69) is 17.0 Å². The van der Waals surface area contributed by atoms with Crippen molar-refractivity contribution in [1.29, 1.82) is 0 Å². The van der Waals surface area contributed by atoms with Gasteiger partial charge in [0.1, 0.15) is 11.4 Å². The molecule has 0 unspecified atom stereocenters. The highest BCUT2D eigenvalue weighted by Gasteiger charge is 2.37. The summed E-state index contributed by atoms with van der Waals surface area (Å²) < 4.78 is 11.3. The second kappa shape index (κ2) is 8.69. The first-order valence-electron chi connectivity index (χ1n) is 7.91. The highest BCUT2D eigenvalue weighted by molar-refractivity contribution is 6.30. The van der Waals surface area contributed by atoms with Crippen molar-refractivity contribution >= 4 is 13.0 Å². The molecule has 0 radical (unpaired) electrons. The zero-order chi connectivity index (χ0) is 18.4. The van der Waals surface area contributed by atoms with E-state index in [0.29, 0.717) is 0 Å². The van der Waals surface area contributed by atoms with Gasteiger partial charge < -0.3 is 34.6 Å². The molecule has 2 rings (SSSR count). The SMILES string of the molecule is CC(C)(O)C(C)(C)Oc1ccc(N2CCOCC2)cc1.OB(O)O. The van der Waals surface area contributed by atoms with Crippen molar-refractivity contribution in [2.24, 2.45) is 0 Å². The van der Waals surface area contributed by atoms with E-state index in [1.54, 1.807) is 13.8 Å². The third-order valence-corrected chi connectivity index (χ3v) is 4.06. The molecule has 1 saturated heterocycles. The van der Waals surface area contributed by atoms with Crippen LogP contribution >= 0.6 is 0 Å². The quantitative estimate of drug-likeness (QED) is 0.588. The lowest BCUT2D eigenvalue weighted by Crippen LogP contribution is -2.49. The van der Waals surface area contributed by atoms with E-state index in [9.17, 15) is 5.11 Å². The van der Waals surface area contributed by atoms with Crippen LogP contribution in [0.25, 0.3) is 0 Å². The predicted molar refractivity (Wildman–Crippen MR) is 92.9 cm³/mol. The number of aliphatic hydroxyl groups is 1. The molecule has 0 saturated carbocycles. The largest absolute Gasteiger partial charge is 0.631 e. The molecule has 0 aliphatic carbocycles. The van der Waals surface area contributed by atoms with Gasteiger partial charge in [-0.05, 0) is 52.0 Å². The zero-order valence-corrected chi connectivity index (χ0v) is 14.8. The van der Waals surface area contributed by atoms with E-state index < -0.39 is 18.5 Å². The number of nitrogens with zero attached hydrogens (tertiary/aromatic N) is 1. The van der Waals surface area contributed by atoms with Crippen LogP contribution in [-0.2, 0) is 4.74 Å². The number of benzene rings is 1. The van der Waals surface area contributed by atoms with Crippen LogP contribution in [0.3, 0.4) is 0 Å². The Morgan fingerprint density at radius 1 is 1.00 bits per heavy atom. The van der Waals surface area contributed by atoms with E-state index in [1.165, 1.54) is 5.69 Å². The van der Waals surface area contributed by atoms with Crippen LogP contribution in [-0.4, -0.2) is 65.0 Å². The van der Waals surface area contributed by atoms with Crippen molar-refractivity contribution in [3.8, 4) is 5.75 Å². The fourth-order valence-corrected chi connectivity index (χ4v) is 1.97. The van der Waals surface area contributed by atoms with Crippen LogP contribution in [0.5, 0.6) is 5.75 Å². The highest BCUT2D eigenvalue weighted by atomic mass is 16.5. The van der Waals surface area contributed by atoms with E-state index in [0.717, 1.165) is 32.1 Å². The molecule has 7 nitrogen and oxygen atoms in total. The van der Waals surface area contributed by atoms with Gasteiger partial charge in [-0.15, -0.1) is 0 Å². The molecule has 24 heavy (non-hydrogen) atoms. The number of ether oxygens (including phenoxy) is 2. The topological polar surface area (TPSA) is 103 Å². The smallest absolute Gasteiger partial charge is 0.485 e. The standard InChI is InChI=1S/C16H25NO3.BH3O3/c1-15(2,18)16(3,4)20-14-7-5-13(6-8-14)17-9-11-19-12-10-17;2-1(3)4/h5-8,18H,9-12H2,1-4H3;2-4H. The minimum atomic E-state index is -2.17. The van der Waals surface area contributed by atoms with Gasteiger partial charge in [0.15, 0.2) is 0 Å². The Hall–Kier alpha value is -1.32. The first-order chi connectivity index (χ1) is 11.0. The molecule has 0 aromatic heterocycles. The van der Waals surface area contributed by atoms with Crippen molar-refractivity contribution in [1.82, 2.24) is 0 Å². The van der Waals surface area contributed by atoms with Crippen LogP contribution in [0.15, 0.2) is 24.3 Å². The summed E-state index contributed by atoms with van der Waals surface area (Å²) in [4.78, 5) is 2.30. The Morgan fingerprint density at radius 2 is 1.46 bits per heavy atom. The second-order valence-corrected chi connectivity index (χ2v) is 6.61. The minimum absolute atomic E-state index is 0.645. The van der Waals surface area contributed by atoms with Gasteiger partial charge in [-0.25, -0.2) is 0 Å². The normalized spacial score (nSPS) is 15.4. The van der Waals surface area contributed by atoms with Crippen LogP contribution < -0.4 is 9.64 Å². The van der Waals surface area contributed by atoms with Crippen LogP contribution in [0, 0.1) is 0 Å². The van der Waals surface area contributed by atoms with Crippen LogP contribution in [0.2, 0.25) is 0 Å². The van der Waals surface area contributed by atoms with Crippen molar-refractivity contribution < 1.29 is 29.7 Å². The van der Waals surface area contributed by atoms with Gasteiger partial charge in [-0.2, -0.15) is 0 Å². The minimum Gasteiger partial charge on any atom is -0.485 e. The molecule has 1 aliphatic heterocycles. The first-order valence-corrected chi connectivity index (χ1v) is 7.91. The molecule has 1 aromatic rings. The lowest BCUT2D eigenvalue weighted by Gasteiger charge is -2.37. The zero-order valence-electron chi connectivity index (χ0n) is 14.8. The lowest BCUT2D eigenvalue weighted by atomic mass is 9.89. The molecule has 1 aromatic carbocycles. The summed E-state index contributed by atoms with van der Waals surface area (Å²) in [5.74, 6) is 0.772. The fraction of sp³-hybridized carbons (Fsp3) is 0.625. The molecule has 1 fully saturated rings. The van der Waals surface area contributed by atoms with Crippen molar-refractivity contribution in [3.63, 3.8) is 0 Å². The van der Waals surface area contributed by atoms with E-state index >= 15 is 0 Å². The maximum Gasteiger partial charge on any atom is 0.631 e. The maximum atomic E-state index is 10.1. The Labute approximate surface area is 143 Å². The maximum absolute atomic E-state index is 10.1. The summed E-state index contributed by atoms with van der Waals surface area (Å²) in [5, 5.41) is 31.6. The van der Waals surface area contributed by atoms with Crippen LogP contribution in [0.4, 0.5) is 5.69 Å². The second-order valence-electron chi connectivity index (χ2n) is 6.61. The van der Waals surface area contributed by atoms with E-state index in [4.69, 9.17) is 24.5 Å². The molecule has 4 N–H and O–H groups in total. The Kier molecular flexibility index (Phi) is 7.50.